The number of hydrogen-bond acceptors (Lipinski definition) is 3. The van der Waals surface area contributed by atoms with Crippen LogP contribution in [0.5, 0.6) is 0 Å². The molecule has 3 aromatic carbocycles. The average Bonchev–Trinajstić information content (AvgIpc) is 3.33. The maximum absolute atomic E-state index is 13.2. The van der Waals surface area contributed by atoms with Crippen LogP contribution < -0.4 is 0 Å². The summed E-state index contributed by atoms with van der Waals surface area (Å²) in [7, 11) is 0. The highest BCUT2D eigenvalue weighted by molar-refractivity contribution is 8.18. The van der Waals surface area contributed by atoms with Crippen LogP contribution in [0, 0.1) is 0 Å². The number of benzene rings is 3. The van der Waals surface area contributed by atoms with E-state index in [1.165, 1.54) is 10.5 Å². The van der Waals surface area contributed by atoms with Crippen LogP contribution in [0.25, 0.3) is 17.0 Å². The van der Waals surface area contributed by atoms with Crippen molar-refractivity contribution >= 4 is 63.1 Å². The molecule has 1 aromatic heterocycles. The number of imide groups is 1. The van der Waals surface area contributed by atoms with E-state index in [9.17, 15) is 9.59 Å². The largest absolute Gasteiger partial charge is 0.342 e. The SMILES string of the molecule is CCc1cccc2c(/C=C3\SC(=O)N(Cc4ccc(Cl)cc4)C3=O)cn(Cc3ccccc3Cl)c12. The molecule has 0 spiro atoms. The van der Waals surface area contributed by atoms with E-state index >= 15 is 0 Å². The fraction of sp³-hybridized carbons (Fsp3) is 0.143. The Hall–Kier alpha value is -2.99. The van der Waals surface area contributed by atoms with Gasteiger partial charge in [-0.2, -0.15) is 0 Å². The molecule has 0 unspecified atom stereocenters. The number of fused-ring (bicyclic) bond motifs is 1. The van der Waals surface area contributed by atoms with Crippen LogP contribution in [0.4, 0.5) is 4.79 Å². The molecule has 1 aliphatic heterocycles. The lowest BCUT2D eigenvalue weighted by Gasteiger charge is -2.12. The van der Waals surface area contributed by atoms with Gasteiger partial charge in [0.2, 0.25) is 0 Å². The first-order chi connectivity index (χ1) is 16.9. The minimum Gasteiger partial charge on any atom is -0.342 e. The van der Waals surface area contributed by atoms with Gasteiger partial charge in [0.1, 0.15) is 0 Å². The van der Waals surface area contributed by atoms with Crippen molar-refractivity contribution in [1.82, 2.24) is 9.47 Å². The maximum Gasteiger partial charge on any atom is 0.293 e. The first-order valence-corrected chi connectivity index (χ1v) is 12.9. The number of carbonyl (C=O) groups is 2. The monoisotopic (exact) mass is 520 g/mol. The number of amides is 2. The number of carbonyl (C=O) groups excluding carboxylic acids is 2. The molecule has 176 valence electrons. The van der Waals surface area contributed by atoms with Gasteiger partial charge in [0.15, 0.2) is 0 Å². The fourth-order valence-electron chi connectivity index (χ4n) is 4.35. The lowest BCUT2D eigenvalue weighted by molar-refractivity contribution is -0.123. The van der Waals surface area contributed by atoms with Gasteiger partial charge in [-0.25, -0.2) is 0 Å². The van der Waals surface area contributed by atoms with Crippen LogP contribution in [-0.4, -0.2) is 20.6 Å². The van der Waals surface area contributed by atoms with Crippen molar-refractivity contribution in [1.29, 1.82) is 0 Å². The van der Waals surface area contributed by atoms with E-state index in [1.807, 2.05) is 54.7 Å². The summed E-state index contributed by atoms with van der Waals surface area (Å²) in [6.07, 6.45) is 4.75. The molecule has 1 aliphatic rings. The van der Waals surface area contributed by atoms with E-state index in [1.54, 1.807) is 12.1 Å². The van der Waals surface area contributed by atoms with Gasteiger partial charge in [-0.3, -0.25) is 14.5 Å². The van der Waals surface area contributed by atoms with Gasteiger partial charge in [-0.05, 0) is 59.1 Å². The first kappa shape index (κ1) is 23.7. The Morgan fingerprint density at radius 3 is 2.37 bits per heavy atom. The summed E-state index contributed by atoms with van der Waals surface area (Å²) >= 11 is 13.4. The van der Waals surface area contributed by atoms with E-state index in [2.05, 4.69) is 23.6 Å². The number of thioether (sulfide) groups is 1. The number of aryl methyl sites for hydroxylation is 1. The summed E-state index contributed by atoms with van der Waals surface area (Å²) in [4.78, 5) is 27.5. The zero-order chi connectivity index (χ0) is 24.5. The first-order valence-electron chi connectivity index (χ1n) is 11.3. The molecular formula is C28H22Cl2N2O2S. The van der Waals surface area contributed by atoms with Gasteiger partial charge in [0.25, 0.3) is 11.1 Å². The molecule has 2 amide bonds. The molecule has 35 heavy (non-hydrogen) atoms. The van der Waals surface area contributed by atoms with Crippen molar-refractivity contribution in [3.05, 3.63) is 110 Å². The topological polar surface area (TPSA) is 42.3 Å². The Balaban J connectivity index is 1.51. The molecule has 1 fully saturated rings. The maximum atomic E-state index is 13.2. The van der Waals surface area contributed by atoms with Crippen molar-refractivity contribution in [2.45, 2.75) is 26.4 Å². The molecule has 7 heteroatoms. The summed E-state index contributed by atoms with van der Waals surface area (Å²) in [6, 6.07) is 21.2. The molecule has 0 bridgehead atoms. The Morgan fingerprint density at radius 1 is 0.886 bits per heavy atom. The van der Waals surface area contributed by atoms with E-state index in [4.69, 9.17) is 23.2 Å². The van der Waals surface area contributed by atoms with Gasteiger partial charge >= 0.3 is 0 Å². The van der Waals surface area contributed by atoms with Gasteiger partial charge in [0, 0.05) is 33.7 Å². The van der Waals surface area contributed by atoms with Gasteiger partial charge < -0.3 is 4.57 Å². The third-order valence-corrected chi connectivity index (χ3v) is 7.63. The second kappa shape index (κ2) is 9.94. The second-order valence-electron chi connectivity index (χ2n) is 8.36. The third kappa shape index (κ3) is 4.76. The number of hydrogen-bond donors (Lipinski definition) is 0. The number of halogens is 2. The smallest absolute Gasteiger partial charge is 0.293 e. The molecule has 0 saturated carbocycles. The zero-order valence-corrected chi connectivity index (χ0v) is 21.3. The molecule has 2 heterocycles. The summed E-state index contributed by atoms with van der Waals surface area (Å²) in [5.74, 6) is -0.284. The van der Waals surface area contributed by atoms with Crippen molar-refractivity contribution < 1.29 is 9.59 Å². The lowest BCUT2D eigenvalue weighted by Crippen LogP contribution is -2.27. The Bertz CT molecular complexity index is 1470. The van der Waals surface area contributed by atoms with Crippen molar-refractivity contribution in [2.75, 3.05) is 0 Å². The molecule has 4 nitrogen and oxygen atoms in total. The number of para-hydroxylation sites is 1. The predicted molar refractivity (Wildman–Crippen MR) is 145 cm³/mol. The van der Waals surface area contributed by atoms with E-state index in [0.717, 1.165) is 45.8 Å². The highest BCUT2D eigenvalue weighted by Gasteiger charge is 2.35. The lowest BCUT2D eigenvalue weighted by atomic mass is 10.1. The van der Waals surface area contributed by atoms with E-state index < -0.39 is 0 Å². The minimum absolute atomic E-state index is 0.216. The molecule has 0 radical (unpaired) electrons. The summed E-state index contributed by atoms with van der Waals surface area (Å²) in [5, 5.41) is 2.10. The molecule has 5 rings (SSSR count). The molecule has 0 atom stereocenters. The number of aromatic nitrogens is 1. The van der Waals surface area contributed by atoms with Gasteiger partial charge in [-0.1, -0.05) is 78.7 Å². The van der Waals surface area contributed by atoms with Crippen LogP contribution in [0.2, 0.25) is 10.0 Å². The molecule has 4 aromatic rings. The van der Waals surface area contributed by atoms with E-state index in [-0.39, 0.29) is 17.7 Å². The summed E-state index contributed by atoms with van der Waals surface area (Å²) < 4.78 is 2.18. The van der Waals surface area contributed by atoms with Crippen LogP contribution in [0.1, 0.15) is 29.2 Å². The second-order valence-corrected chi connectivity index (χ2v) is 10.2. The third-order valence-electron chi connectivity index (χ3n) is 6.11. The van der Waals surface area contributed by atoms with Crippen LogP contribution in [0.15, 0.2) is 77.8 Å². The van der Waals surface area contributed by atoms with Crippen molar-refractivity contribution in [3.63, 3.8) is 0 Å². The number of rotatable bonds is 6. The van der Waals surface area contributed by atoms with E-state index in [0.29, 0.717) is 21.5 Å². The molecule has 0 aliphatic carbocycles. The summed E-state index contributed by atoms with van der Waals surface area (Å²) in [6.45, 7) is 2.95. The fourth-order valence-corrected chi connectivity index (χ4v) is 5.50. The molecular weight excluding hydrogens is 499 g/mol. The van der Waals surface area contributed by atoms with Gasteiger partial charge in [-0.15, -0.1) is 0 Å². The highest BCUT2D eigenvalue weighted by Crippen LogP contribution is 2.36. The Kier molecular flexibility index (Phi) is 6.74. The highest BCUT2D eigenvalue weighted by atomic mass is 35.5. The van der Waals surface area contributed by atoms with Crippen molar-refractivity contribution in [3.8, 4) is 0 Å². The normalized spacial score (nSPS) is 15.1. The van der Waals surface area contributed by atoms with Crippen molar-refractivity contribution in [2.24, 2.45) is 0 Å². The van der Waals surface area contributed by atoms with Crippen LogP contribution >= 0.6 is 35.0 Å². The average molecular weight is 521 g/mol. The number of nitrogens with zero attached hydrogens (tertiary/aromatic N) is 2. The standard InChI is InChI=1S/C28H22Cl2N2O2S/c1-2-19-7-5-8-23-21(17-31(26(19)23)16-20-6-3-4-9-24(20)30)14-25-27(33)32(28(34)35-25)15-18-10-12-22(29)13-11-18/h3-14,17H,2,15-16H2,1H3/b25-14-. The quantitative estimate of drug-likeness (QED) is 0.243. The Morgan fingerprint density at radius 2 is 1.63 bits per heavy atom. The van der Waals surface area contributed by atoms with Crippen LogP contribution in [0.3, 0.4) is 0 Å². The minimum atomic E-state index is -0.284. The summed E-state index contributed by atoms with van der Waals surface area (Å²) in [5.41, 5.74) is 5.10. The Labute approximate surface area is 218 Å². The molecule has 1 saturated heterocycles. The predicted octanol–water partition coefficient (Wildman–Crippen LogP) is 7.80. The molecule has 0 N–H and O–H groups in total. The zero-order valence-electron chi connectivity index (χ0n) is 19.0. The van der Waals surface area contributed by atoms with Gasteiger partial charge in [0.05, 0.1) is 17.0 Å². The van der Waals surface area contributed by atoms with Crippen LogP contribution in [-0.2, 0) is 24.3 Å².